The maximum Gasteiger partial charge on any atom is 0.323 e. The molecule has 21 heavy (non-hydrogen) atoms. The zero-order valence-electron chi connectivity index (χ0n) is 11.1. The minimum atomic E-state index is -3.65. The summed E-state index contributed by atoms with van der Waals surface area (Å²) in [5, 5.41) is 20.9. The second-order valence-electron chi connectivity index (χ2n) is 4.20. The number of anilines is 1. The van der Waals surface area contributed by atoms with Gasteiger partial charge in [0.25, 0.3) is 0 Å². The molecule has 0 aromatic heterocycles. The molecule has 0 saturated carbocycles. The minimum Gasteiger partial charge on any atom is -0.480 e. The molecule has 0 aliphatic heterocycles. The molecule has 0 amide bonds. The summed E-state index contributed by atoms with van der Waals surface area (Å²) in [6, 6.07) is 3.78. The minimum absolute atomic E-state index is 0.00634. The van der Waals surface area contributed by atoms with Crippen molar-refractivity contribution in [3.05, 3.63) is 18.2 Å². The van der Waals surface area contributed by atoms with Crippen LogP contribution in [0.5, 0.6) is 0 Å². The van der Waals surface area contributed by atoms with Crippen molar-refractivity contribution in [3.63, 3.8) is 0 Å². The van der Waals surface area contributed by atoms with E-state index in [2.05, 4.69) is 5.11 Å². The first-order chi connectivity index (χ1) is 9.65. The average molecular weight is 316 g/mol. The van der Waals surface area contributed by atoms with Crippen LogP contribution in [0.15, 0.2) is 28.2 Å². The Hall–Kier alpha value is -2.49. The van der Waals surface area contributed by atoms with Crippen LogP contribution in [0.4, 0.5) is 11.4 Å². The highest BCUT2D eigenvalue weighted by molar-refractivity contribution is 7.90. The predicted molar refractivity (Wildman–Crippen MR) is 71.0 cm³/mol. The van der Waals surface area contributed by atoms with Crippen molar-refractivity contribution < 1.29 is 33.8 Å². The van der Waals surface area contributed by atoms with E-state index in [-0.39, 0.29) is 16.3 Å². The van der Waals surface area contributed by atoms with Gasteiger partial charge in [0.2, 0.25) is 0 Å². The van der Waals surface area contributed by atoms with E-state index in [1.54, 1.807) is 0 Å². The molecule has 0 spiro atoms. The molecule has 0 aliphatic rings. The van der Waals surface area contributed by atoms with Gasteiger partial charge in [-0.1, -0.05) is 0 Å². The molecule has 0 heterocycles. The number of aliphatic carboxylic acids is 2. The van der Waals surface area contributed by atoms with E-state index < -0.39 is 34.9 Å². The quantitative estimate of drug-likeness (QED) is 0.541. The number of carboxylic acids is 2. The van der Waals surface area contributed by atoms with E-state index in [1.165, 1.54) is 12.1 Å². The van der Waals surface area contributed by atoms with Crippen molar-refractivity contribution in [1.82, 2.24) is 0 Å². The van der Waals surface area contributed by atoms with Crippen LogP contribution >= 0.6 is 0 Å². The predicted octanol–water partition coefficient (Wildman–Crippen LogP) is -1.09. The molecule has 0 bridgehead atoms. The first-order valence-corrected chi connectivity index (χ1v) is 7.48. The van der Waals surface area contributed by atoms with Crippen LogP contribution in [0.2, 0.25) is 0 Å². The molecule has 114 valence electrons. The van der Waals surface area contributed by atoms with Crippen LogP contribution in [0.1, 0.15) is 0 Å². The molecular formula is C11H14N3O6S+. The fraction of sp³-hybridized carbons (Fsp3) is 0.273. The van der Waals surface area contributed by atoms with Crippen LogP contribution in [0, 0.1) is 0 Å². The van der Waals surface area contributed by atoms with Crippen molar-refractivity contribution in [2.45, 2.75) is 4.90 Å². The molecule has 0 radical (unpaired) electrons. The van der Waals surface area contributed by atoms with Crippen molar-refractivity contribution >= 4 is 33.2 Å². The van der Waals surface area contributed by atoms with Crippen molar-refractivity contribution in [1.29, 1.82) is 0 Å². The monoisotopic (exact) mass is 316 g/mol. The van der Waals surface area contributed by atoms with Gasteiger partial charge in [-0.05, 0) is 23.3 Å². The molecular weight excluding hydrogens is 302 g/mol. The molecule has 1 aromatic carbocycles. The van der Waals surface area contributed by atoms with Gasteiger partial charge in [-0.3, -0.25) is 9.59 Å². The summed E-state index contributed by atoms with van der Waals surface area (Å²) in [5.41, 5.74) is 5.23. The molecule has 0 fully saturated rings. The van der Waals surface area contributed by atoms with E-state index >= 15 is 0 Å². The number of carbonyl (C=O) groups is 2. The molecule has 10 heteroatoms. The first-order valence-electron chi connectivity index (χ1n) is 5.58. The number of benzene rings is 1. The lowest BCUT2D eigenvalue weighted by Crippen LogP contribution is -2.34. The second kappa shape index (κ2) is 6.31. The SMILES string of the molecule is CS(=O)(=O)c1cc(N(CC(=O)O)CC(=O)O)ccc1N=[NH2+]. The molecule has 9 nitrogen and oxygen atoms in total. The number of nitrogens with zero attached hydrogens (tertiary/aromatic N) is 2. The second-order valence-corrected chi connectivity index (χ2v) is 6.18. The van der Waals surface area contributed by atoms with Crippen molar-refractivity contribution in [2.75, 3.05) is 24.2 Å². The Morgan fingerprint density at radius 1 is 1.24 bits per heavy atom. The maximum absolute atomic E-state index is 11.7. The Morgan fingerprint density at radius 3 is 2.14 bits per heavy atom. The zero-order valence-corrected chi connectivity index (χ0v) is 11.9. The van der Waals surface area contributed by atoms with Crippen LogP contribution in [-0.4, -0.2) is 49.9 Å². The summed E-state index contributed by atoms with van der Waals surface area (Å²) >= 11 is 0. The Labute approximate surface area is 120 Å². The molecule has 0 atom stereocenters. The lowest BCUT2D eigenvalue weighted by molar-refractivity contribution is -0.210. The normalized spacial score (nSPS) is 10.9. The van der Waals surface area contributed by atoms with Gasteiger partial charge >= 0.3 is 11.9 Å². The lowest BCUT2D eigenvalue weighted by atomic mass is 10.2. The Bertz CT molecular complexity index is 669. The number of nitrogens with two attached hydrogens (primary N) is 1. The topological polar surface area (TPSA) is 150 Å². The smallest absolute Gasteiger partial charge is 0.323 e. The molecule has 0 saturated heterocycles. The van der Waals surface area contributed by atoms with E-state index in [9.17, 15) is 18.0 Å². The van der Waals surface area contributed by atoms with Gasteiger partial charge in [0.05, 0.1) is 0 Å². The van der Waals surface area contributed by atoms with Crippen molar-refractivity contribution in [3.8, 4) is 0 Å². The molecule has 1 rings (SSSR count). The molecule has 4 N–H and O–H groups in total. The van der Waals surface area contributed by atoms with Gasteiger partial charge in [-0.2, -0.15) is 5.53 Å². The molecule has 0 aliphatic carbocycles. The zero-order chi connectivity index (χ0) is 16.2. The van der Waals surface area contributed by atoms with E-state index in [0.29, 0.717) is 0 Å². The third-order valence-corrected chi connectivity index (χ3v) is 3.63. The Kier molecular flexibility index (Phi) is 4.97. The summed E-state index contributed by atoms with van der Waals surface area (Å²) < 4.78 is 23.3. The fourth-order valence-electron chi connectivity index (χ4n) is 1.67. The lowest BCUT2D eigenvalue weighted by Gasteiger charge is -2.21. The van der Waals surface area contributed by atoms with Crippen molar-refractivity contribution in [2.24, 2.45) is 5.11 Å². The van der Waals surface area contributed by atoms with E-state index in [1.807, 2.05) is 0 Å². The van der Waals surface area contributed by atoms with Gasteiger partial charge in [0.1, 0.15) is 23.7 Å². The van der Waals surface area contributed by atoms with E-state index in [0.717, 1.165) is 17.2 Å². The number of carboxylic acid groups (broad SMARTS) is 2. The third kappa shape index (κ3) is 4.53. The molecule has 0 unspecified atom stereocenters. The summed E-state index contributed by atoms with van der Waals surface area (Å²) in [5.74, 6) is -2.49. The van der Waals surface area contributed by atoms with Crippen LogP contribution in [0.3, 0.4) is 0 Å². The Balaban J connectivity index is 3.35. The first kappa shape index (κ1) is 16.6. The van der Waals surface area contributed by atoms with Crippen LogP contribution in [0.25, 0.3) is 0 Å². The summed E-state index contributed by atoms with van der Waals surface area (Å²) in [6.45, 7) is -1.18. The average Bonchev–Trinajstić information content (AvgIpc) is 2.35. The number of hydrogen-bond acceptors (Lipinski definition) is 6. The highest BCUT2D eigenvalue weighted by atomic mass is 32.2. The van der Waals surface area contributed by atoms with Gasteiger partial charge in [0.15, 0.2) is 9.84 Å². The number of sulfone groups is 1. The van der Waals surface area contributed by atoms with Gasteiger partial charge in [0, 0.05) is 11.9 Å². The fourth-order valence-corrected chi connectivity index (χ4v) is 2.50. The largest absolute Gasteiger partial charge is 0.480 e. The maximum atomic E-state index is 11.7. The van der Waals surface area contributed by atoms with Gasteiger partial charge < -0.3 is 15.1 Å². The Morgan fingerprint density at radius 2 is 1.76 bits per heavy atom. The van der Waals surface area contributed by atoms with E-state index in [4.69, 9.17) is 15.7 Å². The number of hydrogen-bond donors (Lipinski definition) is 3. The summed E-state index contributed by atoms with van der Waals surface area (Å²) in [7, 11) is -3.65. The standard InChI is InChI=1S/C11H13N3O6S/c1-21(19,20)9-4-7(2-3-8(9)13-12)14(5-10(15)16)6-11(17)18/h2-4,12H,5-6H2,1H3,(H,15,16)(H,17,18)/p+1. The summed E-state index contributed by atoms with van der Waals surface area (Å²) in [6.07, 6.45) is 0.944. The highest BCUT2D eigenvalue weighted by Crippen LogP contribution is 2.28. The van der Waals surface area contributed by atoms with Crippen LogP contribution < -0.4 is 10.4 Å². The highest BCUT2D eigenvalue weighted by Gasteiger charge is 2.20. The summed E-state index contributed by atoms with van der Waals surface area (Å²) in [4.78, 5) is 22.4. The number of rotatable bonds is 7. The van der Waals surface area contributed by atoms with Gasteiger partial charge in [-0.25, -0.2) is 8.42 Å². The van der Waals surface area contributed by atoms with Crippen LogP contribution in [-0.2, 0) is 19.4 Å². The molecule has 1 aromatic rings. The van der Waals surface area contributed by atoms with Gasteiger partial charge in [-0.15, -0.1) is 0 Å². The third-order valence-electron chi connectivity index (χ3n) is 2.50.